The third kappa shape index (κ3) is 1.38. The van der Waals surface area contributed by atoms with Crippen LogP contribution in [0.2, 0.25) is 0 Å². The molecule has 0 aliphatic carbocycles. The van der Waals surface area contributed by atoms with E-state index < -0.39 is 6.17 Å². The summed E-state index contributed by atoms with van der Waals surface area (Å²) in [6.45, 7) is 0. The molecule has 7 heteroatoms. The van der Waals surface area contributed by atoms with Gasteiger partial charge in [0.15, 0.2) is 12.0 Å². The SMILES string of the molecule is Cn1cc(C2CC(F)c3nc(Br)nn32)cn1. The van der Waals surface area contributed by atoms with Crippen molar-refractivity contribution in [3.05, 3.63) is 28.5 Å². The topological polar surface area (TPSA) is 48.5 Å². The minimum absolute atomic E-state index is 0.0995. The molecule has 3 heterocycles. The van der Waals surface area contributed by atoms with Crippen LogP contribution in [0.5, 0.6) is 0 Å². The lowest BCUT2D eigenvalue weighted by molar-refractivity contribution is 0.328. The second kappa shape index (κ2) is 3.38. The van der Waals surface area contributed by atoms with Crippen molar-refractivity contribution >= 4 is 15.9 Å². The molecule has 2 aromatic rings. The summed E-state index contributed by atoms with van der Waals surface area (Å²) in [7, 11) is 1.84. The van der Waals surface area contributed by atoms with Crippen LogP contribution in [0.3, 0.4) is 0 Å². The van der Waals surface area contributed by atoms with Gasteiger partial charge in [-0.3, -0.25) is 4.68 Å². The number of rotatable bonds is 1. The molecule has 0 bridgehead atoms. The third-order valence-electron chi connectivity index (χ3n) is 2.75. The van der Waals surface area contributed by atoms with Gasteiger partial charge in [-0.1, -0.05) is 0 Å². The third-order valence-corrected chi connectivity index (χ3v) is 3.08. The molecule has 16 heavy (non-hydrogen) atoms. The predicted molar refractivity (Wildman–Crippen MR) is 57.5 cm³/mol. The van der Waals surface area contributed by atoms with E-state index >= 15 is 0 Å². The van der Waals surface area contributed by atoms with Gasteiger partial charge in [0.1, 0.15) is 0 Å². The molecule has 2 atom stereocenters. The normalized spacial score (nSPS) is 23.7. The van der Waals surface area contributed by atoms with E-state index in [1.807, 2.05) is 13.2 Å². The van der Waals surface area contributed by atoms with Gasteiger partial charge < -0.3 is 0 Å². The molecule has 1 aliphatic heterocycles. The van der Waals surface area contributed by atoms with Crippen molar-refractivity contribution in [1.29, 1.82) is 0 Å². The van der Waals surface area contributed by atoms with Gasteiger partial charge in [-0.2, -0.15) is 5.10 Å². The Morgan fingerprint density at radius 2 is 2.38 bits per heavy atom. The number of halogens is 2. The Morgan fingerprint density at radius 1 is 1.56 bits per heavy atom. The van der Waals surface area contributed by atoms with Crippen LogP contribution in [0.25, 0.3) is 0 Å². The van der Waals surface area contributed by atoms with Gasteiger partial charge in [0.25, 0.3) is 0 Å². The molecule has 0 amide bonds. The number of aromatic nitrogens is 5. The Morgan fingerprint density at radius 3 is 3.06 bits per heavy atom. The molecule has 0 fully saturated rings. The molecule has 0 saturated carbocycles. The first-order valence-electron chi connectivity index (χ1n) is 4.89. The molecule has 2 aromatic heterocycles. The van der Waals surface area contributed by atoms with Crippen LogP contribution in [0, 0.1) is 0 Å². The van der Waals surface area contributed by atoms with Crippen LogP contribution in [-0.2, 0) is 7.05 Å². The van der Waals surface area contributed by atoms with E-state index in [1.54, 1.807) is 15.6 Å². The van der Waals surface area contributed by atoms with Crippen LogP contribution < -0.4 is 0 Å². The number of alkyl halides is 1. The summed E-state index contributed by atoms with van der Waals surface area (Å²) in [5.74, 6) is 0.390. The lowest BCUT2D eigenvalue weighted by Crippen LogP contribution is -2.06. The van der Waals surface area contributed by atoms with E-state index in [0.717, 1.165) is 5.56 Å². The molecule has 1 aliphatic rings. The molecule has 0 N–H and O–H groups in total. The molecule has 2 unspecified atom stereocenters. The molecule has 0 saturated heterocycles. The molecular formula is C9H9BrFN5. The molecule has 0 aromatic carbocycles. The minimum Gasteiger partial charge on any atom is -0.275 e. The summed E-state index contributed by atoms with van der Waals surface area (Å²) in [5.41, 5.74) is 0.960. The maximum absolute atomic E-state index is 13.7. The fraction of sp³-hybridized carbons (Fsp3) is 0.444. The Labute approximate surface area is 99.4 Å². The van der Waals surface area contributed by atoms with E-state index in [9.17, 15) is 4.39 Å². The summed E-state index contributed by atoms with van der Waals surface area (Å²) in [4.78, 5) is 4.02. The van der Waals surface area contributed by atoms with Crippen molar-refractivity contribution in [2.45, 2.75) is 18.6 Å². The first kappa shape index (κ1) is 9.95. The zero-order valence-corrected chi connectivity index (χ0v) is 10.1. The Bertz CT molecular complexity index is 534. The van der Waals surface area contributed by atoms with Crippen molar-refractivity contribution in [1.82, 2.24) is 24.5 Å². The van der Waals surface area contributed by atoms with E-state index in [-0.39, 0.29) is 6.04 Å². The van der Waals surface area contributed by atoms with Crippen LogP contribution in [0.4, 0.5) is 4.39 Å². The summed E-state index contributed by atoms with van der Waals surface area (Å²) in [5, 5.41) is 8.24. The van der Waals surface area contributed by atoms with Gasteiger partial charge in [-0.25, -0.2) is 14.1 Å². The second-order valence-corrected chi connectivity index (χ2v) is 4.56. The predicted octanol–water partition coefficient (Wildman–Crippen LogP) is 1.78. The van der Waals surface area contributed by atoms with E-state index in [4.69, 9.17) is 0 Å². The zero-order chi connectivity index (χ0) is 11.3. The number of aryl methyl sites for hydroxylation is 1. The Hall–Kier alpha value is -1.24. The molecule has 84 valence electrons. The monoisotopic (exact) mass is 285 g/mol. The fourth-order valence-electron chi connectivity index (χ4n) is 2.04. The van der Waals surface area contributed by atoms with Gasteiger partial charge in [-0.05, 0) is 15.9 Å². The highest BCUT2D eigenvalue weighted by atomic mass is 79.9. The van der Waals surface area contributed by atoms with Crippen LogP contribution in [0.15, 0.2) is 17.1 Å². The van der Waals surface area contributed by atoms with Crippen LogP contribution >= 0.6 is 15.9 Å². The molecule has 0 spiro atoms. The first-order chi connectivity index (χ1) is 7.65. The van der Waals surface area contributed by atoms with Crippen LogP contribution in [-0.4, -0.2) is 24.5 Å². The smallest absolute Gasteiger partial charge is 0.217 e. The fourth-order valence-corrected chi connectivity index (χ4v) is 2.39. The molecule has 3 rings (SSSR count). The number of hydrogen-bond acceptors (Lipinski definition) is 3. The summed E-state index contributed by atoms with van der Waals surface area (Å²) in [6, 6.07) is -0.0995. The lowest BCUT2D eigenvalue weighted by Gasteiger charge is -2.07. The van der Waals surface area contributed by atoms with Crippen molar-refractivity contribution in [2.75, 3.05) is 0 Å². The number of nitrogens with zero attached hydrogens (tertiary/aromatic N) is 5. The highest BCUT2D eigenvalue weighted by Gasteiger charge is 2.35. The van der Waals surface area contributed by atoms with Gasteiger partial charge in [0.2, 0.25) is 4.73 Å². The summed E-state index contributed by atoms with van der Waals surface area (Å²) < 4.78 is 17.5. The molecular weight excluding hydrogens is 277 g/mol. The van der Waals surface area contributed by atoms with E-state index in [1.165, 1.54) is 0 Å². The van der Waals surface area contributed by atoms with Crippen LogP contribution in [0.1, 0.15) is 30.0 Å². The van der Waals surface area contributed by atoms with Gasteiger partial charge in [0, 0.05) is 25.2 Å². The maximum atomic E-state index is 13.7. The van der Waals surface area contributed by atoms with E-state index in [2.05, 4.69) is 31.1 Å². The molecule has 5 nitrogen and oxygen atoms in total. The minimum atomic E-state index is -1.05. The standard InChI is InChI=1S/C9H9BrFN5/c1-15-4-5(3-12-15)7-2-6(11)8-13-9(10)14-16(7)8/h3-4,6-7H,2H2,1H3. The maximum Gasteiger partial charge on any atom is 0.217 e. The zero-order valence-electron chi connectivity index (χ0n) is 8.51. The lowest BCUT2D eigenvalue weighted by atomic mass is 10.1. The number of fused-ring (bicyclic) bond motifs is 1. The van der Waals surface area contributed by atoms with Crippen molar-refractivity contribution < 1.29 is 4.39 Å². The average molecular weight is 286 g/mol. The second-order valence-electron chi connectivity index (χ2n) is 3.85. The summed E-state index contributed by atoms with van der Waals surface area (Å²) >= 11 is 3.16. The first-order valence-corrected chi connectivity index (χ1v) is 5.69. The van der Waals surface area contributed by atoms with Crippen molar-refractivity contribution in [2.24, 2.45) is 7.05 Å². The average Bonchev–Trinajstić information content (AvgIpc) is 2.85. The highest BCUT2D eigenvalue weighted by Crippen LogP contribution is 2.39. The molecule has 0 radical (unpaired) electrons. The Balaban J connectivity index is 2.05. The Kier molecular flexibility index (Phi) is 2.10. The van der Waals surface area contributed by atoms with Gasteiger partial charge in [0.05, 0.1) is 12.2 Å². The number of hydrogen-bond donors (Lipinski definition) is 0. The van der Waals surface area contributed by atoms with E-state index in [0.29, 0.717) is 17.0 Å². The quantitative estimate of drug-likeness (QED) is 0.803. The largest absolute Gasteiger partial charge is 0.275 e. The summed E-state index contributed by atoms with van der Waals surface area (Å²) in [6.07, 6.45) is 2.95. The van der Waals surface area contributed by atoms with Crippen molar-refractivity contribution in [3.8, 4) is 0 Å². The van der Waals surface area contributed by atoms with Crippen molar-refractivity contribution in [3.63, 3.8) is 0 Å². The van der Waals surface area contributed by atoms with Gasteiger partial charge >= 0.3 is 0 Å². The van der Waals surface area contributed by atoms with Gasteiger partial charge in [-0.15, -0.1) is 5.10 Å². The highest BCUT2D eigenvalue weighted by molar-refractivity contribution is 9.10.